The minimum absolute atomic E-state index is 0.134. The summed E-state index contributed by atoms with van der Waals surface area (Å²) < 4.78 is 18.2. The van der Waals surface area contributed by atoms with Crippen LogP contribution in [-0.2, 0) is 6.54 Å². The van der Waals surface area contributed by atoms with Crippen molar-refractivity contribution in [1.82, 2.24) is 15.5 Å². The summed E-state index contributed by atoms with van der Waals surface area (Å²) in [7, 11) is 1.65. The average molecular weight is 371 g/mol. The molecule has 0 saturated carbocycles. The molecule has 1 atom stereocenters. The fourth-order valence-electron chi connectivity index (χ4n) is 3.37. The van der Waals surface area contributed by atoms with Gasteiger partial charge in [0.1, 0.15) is 11.6 Å². The predicted molar refractivity (Wildman–Crippen MR) is 103 cm³/mol. The summed E-state index contributed by atoms with van der Waals surface area (Å²) in [4.78, 5) is 14.6. The molecule has 27 heavy (non-hydrogen) atoms. The third-order valence-corrected chi connectivity index (χ3v) is 4.90. The Morgan fingerprint density at radius 2 is 1.74 bits per heavy atom. The molecule has 0 unspecified atom stereocenters. The second-order valence-corrected chi connectivity index (χ2v) is 6.72. The number of likely N-dealkylation sites (tertiary alicyclic amines) is 1. The standard InChI is InChI=1S/C21H26FN3O2/c1-27-19-10-6-17(7-11-19)20(25-12-2-3-13-25)15-24-21(26)23-14-16-4-8-18(22)9-5-16/h4-11,20H,2-3,12-15H2,1H3,(H2,23,24,26)/t20-/m0/s1. The summed E-state index contributed by atoms with van der Waals surface area (Å²) in [6.45, 7) is 2.97. The second-order valence-electron chi connectivity index (χ2n) is 6.72. The largest absolute Gasteiger partial charge is 0.497 e. The smallest absolute Gasteiger partial charge is 0.315 e. The third-order valence-electron chi connectivity index (χ3n) is 4.90. The number of amides is 2. The van der Waals surface area contributed by atoms with E-state index >= 15 is 0 Å². The van der Waals surface area contributed by atoms with Crippen molar-refractivity contribution in [3.63, 3.8) is 0 Å². The first-order valence-electron chi connectivity index (χ1n) is 9.30. The molecule has 6 heteroatoms. The number of methoxy groups -OCH3 is 1. The van der Waals surface area contributed by atoms with Crippen LogP contribution in [0.3, 0.4) is 0 Å². The number of rotatable bonds is 7. The topological polar surface area (TPSA) is 53.6 Å². The van der Waals surface area contributed by atoms with E-state index in [4.69, 9.17) is 4.74 Å². The Hall–Kier alpha value is -2.60. The molecular weight excluding hydrogens is 345 g/mol. The number of nitrogens with one attached hydrogen (secondary N) is 2. The molecule has 1 fully saturated rings. The summed E-state index contributed by atoms with van der Waals surface area (Å²) >= 11 is 0. The van der Waals surface area contributed by atoms with Crippen LogP contribution in [0.1, 0.15) is 30.0 Å². The van der Waals surface area contributed by atoms with Crippen LogP contribution in [-0.4, -0.2) is 37.7 Å². The summed E-state index contributed by atoms with van der Waals surface area (Å²) in [5, 5.41) is 5.79. The first-order valence-corrected chi connectivity index (χ1v) is 9.30. The molecule has 3 rings (SSSR count). The summed E-state index contributed by atoms with van der Waals surface area (Å²) in [5.74, 6) is 0.542. The molecule has 0 aliphatic carbocycles. The van der Waals surface area contributed by atoms with Gasteiger partial charge in [-0.05, 0) is 61.3 Å². The lowest BCUT2D eigenvalue weighted by Crippen LogP contribution is -2.41. The number of halogens is 1. The third kappa shape index (κ3) is 5.44. The molecule has 144 valence electrons. The maximum Gasteiger partial charge on any atom is 0.315 e. The van der Waals surface area contributed by atoms with E-state index in [-0.39, 0.29) is 17.9 Å². The van der Waals surface area contributed by atoms with Crippen molar-refractivity contribution in [1.29, 1.82) is 0 Å². The lowest BCUT2D eigenvalue weighted by molar-refractivity contribution is 0.220. The van der Waals surface area contributed by atoms with E-state index in [2.05, 4.69) is 27.7 Å². The molecular formula is C21H26FN3O2. The fourth-order valence-corrected chi connectivity index (χ4v) is 3.37. The van der Waals surface area contributed by atoms with Crippen molar-refractivity contribution in [3.05, 3.63) is 65.5 Å². The monoisotopic (exact) mass is 371 g/mol. The molecule has 1 saturated heterocycles. The number of hydrogen-bond donors (Lipinski definition) is 2. The normalized spacial score (nSPS) is 15.3. The molecule has 2 N–H and O–H groups in total. The Morgan fingerprint density at radius 1 is 1.07 bits per heavy atom. The van der Waals surface area contributed by atoms with Gasteiger partial charge in [-0.2, -0.15) is 0 Å². The van der Waals surface area contributed by atoms with Gasteiger partial charge in [0, 0.05) is 13.1 Å². The number of carbonyl (C=O) groups excluding carboxylic acids is 1. The Labute approximate surface area is 159 Å². The number of urea groups is 1. The SMILES string of the molecule is COc1ccc([C@H](CNC(=O)NCc2ccc(F)cc2)N2CCCC2)cc1. The van der Waals surface area contributed by atoms with Crippen LogP contribution in [0.25, 0.3) is 0 Å². The minimum Gasteiger partial charge on any atom is -0.497 e. The molecule has 1 aliphatic heterocycles. The van der Waals surface area contributed by atoms with E-state index in [0.29, 0.717) is 13.1 Å². The second kappa shape index (κ2) is 9.37. The van der Waals surface area contributed by atoms with E-state index in [9.17, 15) is 9.18 Å². The van der Waals surface area contributed by atoms with Gasteiger partial charge in [-0.15, -0.1) is 0 Å². The highest BCUT2D eigenvalue weighted by atomic mass is 19.1. The van der Waals surface area contributed by atoms with E-state index in [1.54, 1.807) is 19.2 Å². The Morgan fingerprint density at radius 3 is 2.37 bits per heavy atom. The van der Waals surface area contributed by atoms with E-state index in [1.807, 2.05) is 12.1 Å². The van der Waals surface area contributed by atoms with Crippen LogP contribution in [0.2, 0.25) is 0 Å². The van der Waals surface area contributed by atoms with Crippen LogP contribution in [0, 0.1) is 5.82 Å². The Bertz CT molecular complexity index is 728. The van der Waals surface area contributed by atoms with Crippen molar-refractivity contribution in [2.75, 3.05) is 26.7 Å². The van der Waals surface area contributed by atoms with Crippen LogP contribution in [0.4, 0.5) is 9.18 Å². The zero-order valence-electron chi connectivity index (χ0n) is 15.6. The molecule has 2 amide bonds. The quantitative estimate of drug-likeness (QED) is 0.784. The zero-order chi connectivity index (χ0) is 19.1. The molecule has 0 bridgehead atoms. The Balaban J connectivity index is 1.56. The molecule has 2 aromatic carbocycles. The highest BCUT2D eigenvalue weighted by molar-refractivity contribution is 5.73. The summed E-state index contributed by atoms with van der Waals surface area (Å²) in [5.41, 5.74) is 2.02. The molecule has 5 nitrogen and oxygen atoms in total. The van der Waals surface area contributed by atoms with E-state index < -0.39 is 0 Å². The van der Waals surface area contributed by atoms with Crippen molar-refractivity contribution in [2.45, 2.75) is 25.4 Å². The van der Waals surface area contributed by atoms with Gasteiger partial charge in [0.2, 0.25) is 0 Å². The average Bonchev–Trinajstić information content (AvgIpc) is 3.23. The lowest BCUT2D eigenvalue weighted by Gasteiger charge is -2.28. The van der Waals surface area contributed by atoms with Gasteiger partial charge in [0.05, 0.1) is 13.2 Å². The first kappa shape index (κ1) is 19.2. The van der Waals surface area contributed by atoms with Crippen molar-refractivity contribution in [3.8, 4) is 5.75 Å². The maximum absolute atomic E-state index is 12.9. The number of hydrogen-bond acceptors (Lipinski definition) is 3. The van der Waals surface area contributed by atoms with Crippen LogP contribution in [0.5, 0.6) is 5.75 Å². The predicted octanol–water partition coefficient (Wildman–Crippen LogP) is 3.47. The zero-order valence-corrected chi connectivity index (χ0v) is 15.6. The first-order chi connectivity index (χ1) is 13.2. The Kier molecular flexibility index (Phi) is 6.65. The lowest BCUT2D eigenvalue weighted by atomic mass is 10.1. The molecule has 0 radical (unpaired) electrons. The van der Waals surface area contributed by atoms with Gasteiger partial charge in [0.25, 0.3) is 0 Å². The number of carbonyl (C=O) groups is 1. The van der Waals surface area contributed by atoms with Crippen molar-refractivity contribution >= 4 is 6.03 Å². The number of nitrogens with zero attached hydrogens (tertiary/aromatic N) is 1. The van der Waals surface area contributed by atoms with Gasteiger partial charge < -0.3 is 15.4 Å². The molecule has 1 aliphatic rings. The van der Waals surface area contributed by atoms with Gasteiger partial charge in [-0.1, -0.05) is 24.3 Å². The highest BCUT2D eigenvalue weighted by Gasteiger charge is 2.24. The van der Waals surface area contributed by atoms with Crippen LogP contribution in [0.15, 0.2) is 48.5 Å². The summed E-state index contributed by atoms with van der Waals surface area (Å²) in [6, 6.07) is 14.0. The maximum atomic E-state index is 12.9. The molecule has 0 spiro atoms. The number of ether oxygens (including phenoxy) is 1. The van der Waals surface area contributed by atoms with E-state index in [0.717, 1.165) is 30.0 Å². The van der Waals surface area contributed by atoms with Crippen molar-refractivity contribution in [2.24, 2.45) is 0 Å². The van der Waals surface area contributed by atoms with Crippen molar-refractivity contribution < 1.29 is 13.9 Å². The summed E-state index contributed by atoms with van der Waals surface area (Å²) in [6.07, 6.45) is 2.37. The van der Waals surface area contributed by atoms with Crippen LogP contribution >= 0.6 is 0 Å². The minimum atomic E-state index is -0.281. The molecule has 1 heterocycles. The molecule has 0 aromatic heterocycles. The van der Waals surface area contributed by atoms with Gasteiger partial charge >= 0.3 is 6.03 Å². The fraction of sp³-hybridized carbons (Fsp3) is 0.381. The highest BCUT2D eigenvalue weighted by Crippen LogP contribution is 2.26. The van der Waals surface area contributed by atoms with Gasteiger partial charge in [-0.25, -0.2) is 9.18 Å². The van der Waals surface area contributed by atoms with Crippen LogP contribution < -0.4 is 15.4 Å². The number of benzene rings is 2. The van der Waals surface area contributed by atoms with E-state index in [1.165, 1.54) is 25.0 Å². The van der Waals surface area contributed by atoms with Gasteiger partial charge in [-0.3, -0.25) is 4.90 Å². The van der Waals surface area contributed by atoms with Gasteiger partial charge in [0.15, 0.2) is 0 Å². The molecule has 2 aromatic rings.